The standard InChI is InChI=1S/C24H20ClNO5S/c25-14-7-15-31-22-13-5-4-10-18(22)24(28)19-16-26(20-11-6-12-21(27)23(19)20)32(29,30)17-8-2-1-3-9-17/h1-6,8-13,16,27H,7,14-15H2. The third kappa shape index (κ3) is 3.97. The Morgan fingerprint density at radius 2 is 1.66 bits per heavy atom. The first-order valence-electron chi connectivity index (χ1n) is 9.91. The van der Waals surface area contributed by atoms with E-state index in [2.05, 4.69) is 0 Å². The molecule has 0 fully saturated rings. The van der Waals surface area contributed by atoms with Crippen LogP contribution in [0.15, 0.2) is 83.9 Å². The molecule has 0 bridgehead atoms. The average Bonchev–Trinajstić information content (AvgIpc) is 3.22. The fourth-order valence-electron chi connectivity index (χ4n) is 3.48. The number of alkyl halides is 1. The van der Waals surface area contributed by atoms with Crippen LogP contribution in [0.1, 0.15) is 22.3 Å². The lowest BCUT2D eigenvalue weighted by atomic mass is 10.0. The summed E-state index contributed by atoms with van der Waals surface area (Å²) in [5.74, 6) is 0.146. The first-order valence-corrected chi connectivity index (χ1v) is 11.9. The topological polar surface area (TPSA) is 85.6 Å². The van der Waals surface area contributed by atoms with E-state index in [-0.39, 0.29) is 32.7 Å². The van der Waals surface area contributed by atoms with Crippen molar-refractivity contribution in [2.45, 2.75) is 11.3 Å². The Bertz CT molecular complexity index is 1380. The summed E-state index contributed by atoms with van der Waals surface area (Å²) in [6.07, 6.45) is 1.87. The summed E-state index contributed by atoms with van der Waals surface area (Å²) in [4.78, 5) is 13.6. The molecular weight excluding hydrogens is 450 g/mol. The molecule has 1 aromatic heterocycles. The molecule has 8 heteroatoms. The Morgan fingerprint density at radius 1 is 0.938 bits per heavy atom. The number of ketones is 1. The summed E-state index contributed by atoms with van der Waals surface area (Å²) in [6, 6.07) is 19.1. The molecule has 0 saturated heterocycles. The van der Waals surface area contributed by atoms with Gasteiger partial charge in [-0.05, 0) is 42.8 Å². The van der Waals surface area contributed by atoms with Crippen molar-refractivity contribution >= 4 is 38.3 Å². The number of fused-ring (bicyclic) bond motifs is 1. The molecule has 0 amide bonds. The van der Waals surface area contributed by atoms with Gasteiger partial charge in [0.2, 0.25) is 0 Å². The molecule has 0 aliphatic heterocycles. The van der Waals surface area contributed by atoms with Crippen LogP contribution >= 0.6 is 11.6 Å². The molecule has 6 nitrogen and oxygen atoms in total. The largest absolute Gasteiger partial charge is 0.507 e. The average molecular weight is 470 g/mol. The zero-order valence-corrected chi connectivity index (χ0v) is 18.5. The fraction of sp³-hybridized carbons (Fsp3) is 0.125. The summed E-state index contributed by atoms with van der Waals surface area (Å²) in [7, 11) is -4.00. The third-order valence-corrected chi connectivity index (χ3v) is 6.94. The Balaban J connectivity index is 1.88. The summed E-state index contributed by atoms with van der Waals surface area (Å²) < 4.78 is 33.4. The Labute approximate surface area is 190 Å². The molecule has 0 atom stereocenters. The number of nitrogens with zero attached hydrogens (tertiary/aromatic N) is 1. The van der Waals surface area contributed by atoms with Gasteiger partial charge in [-0.25, -0.2) is 12.4 Å². The maximum absolute atomic E-state index is 13.5. The van der Waals surface area contributed by atoms with E-state index < -0.39 is 15.8 Å². The number of aromatic nitrogens is 1. The predicted octanol–water partition coefficient (Wildman–Crippen LogP) is 4.82. The Hall–Kier alpha value is -3.29. The maximum Gasteiger partial charge on any atom is 0.268 e. The fourth-order valence-corrected chi connectivity index (χ4v) is 4.97. The van der Waals surface area contributed by atoms with E-state index in [1.54, 1.807) is 48.5 Å². The number of aromatic hydroxyl groups is 1. The van der Waals surface area contributed by atoms with E-state index in [0.717, 1.165) is 3.97 Å². The van der Waals surface area contributed by atoms with Crippen LogP contribution in [0.25, 0.3) is 10.9 Å². The Kier molecular flexibility index (Phi) is 6.21. The molecule has 3 aromatic carbocycles. The monoisotopic (exact) mass is 469 g/mol. The van der Waals surface area contributed by atoms with Crippen LogP contribution in [0.3, 0.4) is 0 Å². The van der Waals surface area contributed by atoms with Crippen LogP contribution in [-0.2, 0) is 10.0 Å². The second kappa shape index (κ2) is 9.06. The van der Waals surface area contributed by atoms with Crippen LogP contribution < -0.4 is 4.74 Å². The van der Waals surface area contributed by atoms with Crippen LogP contribution in [-0.4, -0.2) is 35.8 Å². The van der Waals surface area contributed by atoms with Gasteiger partial charge in [0.15, 0.2) is 5.78 Å². The predicted molar refractivity (Wildman–Crippen MR) is 123 cm³/mol. The molecule has 0 unspecified atom stereocenters. The number of hydrogen-bond acceptors (Lipinski definition) is 5. The van der Waals surface area contributed by atoms with Crippen molar-refractivity contribution in [3.8, 4) is 11.5 Å². The highest BCUT2D eigenvalue weighted by Crippen LogP contribution is 2.35. The van der Waals surface area contributed by atoms with Crippen LogP contribution in [0, 0.1) is 0 Å². The van der Waals surface area contributed by atoms with Gasteiger partial charge in [-0.3, -0.25) is 4.79 Å². The number of phenols is 1. The van der Waals surface area contributed by atoms with E-state index >= 15 is 0 Å². The number of para-hydroxylation sites is 1. The number of benzene rings is 3. The van der Waals surface area contributed by atoms with Crippen molar-refractivity contribution in [1.29, 1.82) is 0 Å². The zero-order valence-electron chi connectivity index (χ0n) is 16.9. The van der Waals surface area contributed by atoms with E-state index in [9.17, 15) is 18.3 Å². The zero-order chi connectivity index (χ0) is 22.7. The SMILES string of the molecule is O=C(c1ccccc1OCCCCl)c1cn(S(=O)(=O)c2ccccc2)c2cccc(O)c12. The molecule has 164 valence electrons. The highest BCUT2D eigenvalue weighted by Gasteiger charge is 2.27. The van der Waals surface area contributed by atoms with Gasteiger partial charge >= 0.3 is 0 Å². The lowest BCUT2D eigenvalue weighted by Crippen LogP contribution is -2.12. The first-order chi connectivity index (χ1) is 15.4. The number of carbonyl (C=O) groups excluding carboxylic acids is 1. The Morgan fingerprint density at radius 3 is 2.41 bits per heavy atom. The normalized spacial score (nSPS) is 11.5. The quantitative estimate of drug-likeness (QED) is 0.227. The number of phenolic OH excluding ortho intramolecular Hbond substituents is 1. The molecule has 32 heavy (non-hydrogen) atoms. The molecule has 0 spiro atoms. The second-order valence-electron chi connectivity index (χ2n) is 7.04. The number of rotatable bonds is 8. The van der Waals surface area contributed by atoms with E-state index in [1.807, 2.05) is 0 Å². The lowest BCUT2D eigenvalue weighted by Gasteiger charge is -2.10. The van der Waals surface area contributed by atoms with Gasteiger partial charge in [0.1, 0.15) is 11.5 Å². The van der Waals surface area contributed by atoms with Crippen LogP contribution in [0.5, 0.6) is 11.5 Å². The van der Waals surface area contributed by atoms with Crippen LogP contribution in [0.4, 0.5) is 0 Å². The van der Waals surface area contributed by atoms with Crippen molar-refractivity contribution in [3.63, 3.8) is 0 Å². The van der Waals surface area contributed by atoms with Gasteiger partial charge in [0.25, 0.3) is 10.0 Å². The molecule has 4 rings (SSSR count). The molecule has 4 aromatic rings. The van der Waals surface area contributed by atoms with Gasteiger partial charge in [-0.2, -0.15) is 0 Å². The minimum Gasteiger partial charge on any atom is -0.507 e. The summed E-state index contributed by atoms with van der Waals surface area (Å²) in [5.41, 5.74) is 0.533. The second-order valence-corrected chi connectivity index (χ2v) is 9.24. The van der Waals surface area contributed by atoms with Gasteiger partial charge in [0.05, 0.1) is 33.5 Å². The molecule has 0 aliphatic carbocycles. The van der Waals surface area contributed by atoms with Crippen molar-refractivity contribution in [3.05, 3.63) is 90.1 Å². The van der Waals surface area contributed by atoms with Crippen molar-refractivity contribution in [2.24, 2.45) is 0 Å². The minimum absolute atomic E-state index is 0.0611. The van der Waals surface area contributed by atoms with Gasteiger partial charge in [0, 0.05) is 12.1 Å². The van der Waals surface area contributed by atoms with E-state index in [4.69, 9.17) is 16.3 Å². The molecule has 1 heterocycles. The highest BCUT2D eigenvalue weighted by molar-refractivity contribution is 7.90. The van der Waals surface area contributed by atoms with Crippen molar-refractivity contribution < 1.29 is 23.1 Å². The van der Waals surface area contributed by atoms with Crippen LogP contribution in [0.2, 0.25) is 0 Å². The highest BCUT2D eigenvalue weighted by atomic mass is 35.5. The summed E-state index contributed by atoms with van der Waals surface area (Å²) >= 11 is 5.71. The number of halogens is 1. The lowest BCUT2D eigenvalue weighted by molar-refractivity contribution is 0.103. The van der Waals surface area contributed by atoms with Gasteiger partial charge < -0.3 is 9.84 Å². The summed E-state index contributed by atoms with van der Waals surface area (Å²) in [5, 5.41) is 10.7. The molecule has 0 saturated carbocycles. The molecule has 1 N–H and O–H groups in total. The third-order valence-electron chi connectivity index (χ3n) is 4.99. The number of ether oxygens (including phenoxy) is 1. The van der Waals surface area contributed by atoms with Gasteiger partial charge in [-0.15, -0.1) is 11.6 Å². The van der Waals surface area contributed by atoms with Crippen molar-refractivity contribution in [2.75, 3.05) is 12.5 Å². The molecule has 0 radical (unpaired) electrons. The summed E-state index contributed by atoms with van der Waals surface area (Å²) in [6.45, 7) is 0.336. The minimum atomic E-state index is -4.00. The first kappa shape index (κ1) is 21.9. The molecule has 0 aliphatic rings. The maximum atomic E-state index is 13.5. The smallest absolute Gasteiger partial charge is 0.268 e. The van der Waals surface area contributed by atoms with E-state index in [1.165, 1.54) is 30.5 Å². The van der Waals surface area contributed by atoms with Crippen molar-refractivity contribution in [1.82, 2.24) is 3.97 Å². The number of carbonyl (C=O) groups is 1. The number of hydrogen-bond donors (Lipinski definition) is 1. The molecular formula is C24H20ClNO5S. The van der Waals surface area contributed by atoms with Gasteiger partial charge in [-0.1, -0.05) is 36.4 Å². The van der Waals surface area contributed by atoms with E-state index in [0.29, 0.717) is 24.7 Å².